The van der Waals surface area contributed by atoms with Crippen molar-refractivity contribution in [2.24, 2.45) is 0 Å². The number of halogens is 2. The van der Waals surface area contributed by atoms with E-state index in [2.05, 4.69) is 43.0 Å². The zero-order valence-corrected chi connectivity index (χ0v) is 17.3. The normalized spacial score (nSPS) is 15.2. The summed E-state index contributed by atoms with van der Waals surface area (Å²) in [6, 6.07) is 18.5. The molecule has 3 aromatic rings. The van der Waals surface area contributed by atoms with Gasteiger partial charge < -0.3 is 0 Å². The lowest BCUT2D eigenvalue weighted by molar-refractivity contribution is 0.570. The van der Waals surface area contributed by atoms with E-state index in [9.17, 15) is 8.78 Å². The van der Waals surface area contributed by atoms with Crippen molar-refractivity contribution in [3.63, 3.8) is 0 Å². The highest BCUT2D eigenvalue weighted by Gasteiger charge is 2.21. The van der Waals surface area contributed by atoms with Gasteiger partial charge in [-0.3, -0.25) is 0 Å². The molecule has 30 heavy (non-hydrogen) atoms. The van der Waals surface area contributed by atoms with Gasteiger partial charge in [-0.05, 0) is 96.7 Å². The van der Waals surface area contributed by atoms with E-state index in [1.54, 1.807) is 18.2 Å². The molecule has 3 aromatic carbocycles. The summed E-state index contributed by atoms with van der Waals surface area (Å²) in [5.41, 5.74) is 6.11. The van der Waals surface area contributed by atoms with Crippen LogP contribution >= 0.6 is 0 Å². The maximum atomic E-state index is 14.7. The smallest absolute Gasteiger partial charge is 0.139 e. The predicted molar refractivity (Wildman–Crippen MR) is 119 cm³/mol. The molecule has 0 saturated heterocycles. The fraction of sp³-hybridized carbons (Fsp3) is 0.286. The zero-order chi connectivity index (χ0) is 20.9. The van der Waals surface area contributed by atoms with Gasteiger partial charge in [0.25, 0.3) is 0 Å². The van der Waals surface area contributed by atoms with Crippen LogP contribution in [-0.2, 0) is 19.3 Å². The van der Waals surface area contributed by atoms with Crippen molar-refractivity contribution in [1.82, 2.24) is 0 Å². The minimum Gasteiger partial charge on any atom is -0.207 e. The first-order chi connectivity index (χ1) is 14.6. The quantitative estimate of drug-likeness (QED) is 0.415. The van der Waals surface area contributed by atoms with E-state index >= 15 is 0 Å². The van der Waals surface area contributed by atoms with Crippen molar-refractivity contribution < 1.29 is 8.78 Å². The van der Waals surface area contributed by atoms with Crippen molar-refractivity contribution in [1.29, 1.82) is 0 Å². The summed E-state index contributed by atoms with van der Waals surface area (Å²) >= 11 is 0. The Morgan fingerprint density at radius 1 is 0.900 bits per heavy atom. The molecular formula is C28H26F2. The molecule has 1 unspecified atom stereocenters. The topological polar surface area (TPSA) is 0 Å². The number of hydrogen-bond donors (Lipinski definition) is 0. The summed E-state index contributed by atoms with van der Waals surface area (Å²) in [6.45, 7) is 2.22. The molecular weight excluding hydrogens is 374 g/mol. The van der Waals surface area contributed by atoms with Crippen molar-refractivity contribution in [3.05, 3.63) is 106 Å². The van der Waals surface area contributed by atoms with Crippen LogP contribution in [0.5, 0.6) is 0 Å². The predicted octanol–water partition coefficient (Wildman–Crippen LogP) is 6.98. The minimum atomic E-state index is -0.300. The van der Waals surface area contributed by atoms with Crippen molar-refractivity contribution in [3.8, 4) is 11.8 Å². The van der Waals surface area contributed by atoms with E-state index in [-0.39, 0.29) is 11.6 Å². The summed E-state index contributed by atoms with van der Waals surface area (Å²) in [4.78, 5) is 0. The van der Waals surface area contributed by atoms with Crippen LogP contribution in [0.3, 0.4) is 0 Å². The standard InChI is InChI=1S/C28H26F2/c1-2-3-4-20-5-10-22(11-6-20)23-13-14-24-17-25(28(30)19-26(24)18-23)12-7-21-8-15-27(29)16-9-21/h5-6,8-11,15-17,19,23H,2-4,13-14,18H2,1H3. The van der Waals surface area contributed by atoms with E-state index in [1.807, 2.05) is 6.07 Å². The van der Waals surface area contributed by atoms with E-state index in [0.717, 1.165) is 31.2 Å². The monoisotopic (exact) mass is 400 g/mol. The van der Waals surface area contributed by atoms with E-state index in [1.165, 1.54) is 41.7 Å². The average Bonchev–Trinajstić information content (AvgIpc) is 2.77. The van der Waals surface area contributed by atoms with Gasteiger partial charge in [0, 0.05) is 5.56 Å². The van der Waals surface area contributed by atoms with Crippen molar-refractivity contribution in [2.75, 3.05) is 0 Å². The van der Waals surface area contributed by atoms with Gasteiger partial charge in [-0.1, -0.05) is 49.5 Å². The number of unbranched alkanes of at least 4 members (excludes halogenated alkanes) is 1. The SMILES string of the molecule is CCCCc1ccc(C2CCc3cc(C#Cc4ccc(F)cc4)c(F)cc3C2)cc1. The second-order valence-corrected chi connectivity index (χ2v) is 8.14. The van der Waals surface area contributed by atoms with Crippen molar-refractivity contribution in [2.45, 2.75) is 51.4 Å². The van der Waals surface area contributed by atoms with Gasteiger partial charge in [0.15, 0.2) is 0 Å². The summed E-state index contributed by atoms with van der Waals surface area (Å²) < 4.78 is 27.7. The second-order valence-electron chi connectivity index (χ2n) is 8.14. The van der Waals surface area contributed by atoms with E-state index in [4.69, 9.17) is 0 Å². The Morgan fingerprint density at radius 3 is 2.40 bits per heavy atom. The van der Waals surface area contributed by atoms with Gasteiger partial charge >= 0.3 is 0 Å². The molecule has 0 aliphatic heterocycles. The summed E-state index contributed by atoms with van der Waals surface area (Å²) in [5.74, 6) is 5.71. The number of hydrogen-bond acceptors (Lipinski definition) is 0. The van der Waals surface area contributed by atoms with Crippen LogP contribution in [-0.4, -0.2) is 0 Å². The molecule has 0 nitrogen and oxygen atoms in total. The van der Waals surface area contributed by atoms with Crippen molar-refractivity contribution >= 4 is 0 Å². The lowest BCUT2D eigenvalue weighted by Gasteiger charge is -2.25. The highest BCUT2D eigenvalue weighted by atomic mass is 19.1. The van der Waals surface area contributed by atoms with E-state index in [0.29, 0.717) is 17.0 Å². The first-order valence-corrected chi connectivity index (χ1v) is 10.8. The third kappa shape index (κ3) is 4.79. The Morgan fingerprint density at radius 2 is 1.67 bits per heavy atom. The number of fused-ring (bicyclic) bond motifs is 1. The van der Waals surface area contributed by atoms with Crippen LogP contribution in [0.15, 0.2) is 60.7 Å². The van der Waals surface area contributed by atoms with E-state index < -0.39 is 0 Å². The average molecular weight is 401 g/mol. The van der Waals surface area contributed by atoms with Crippen LogP contribution in [0.25, 0.3) is 0 Å². The Kier molecular flexibility index (Phi) is 6.29. The third-order valence-corrected chi connectivity index (χ3v) is 5.97. The minimum absolute atomic E-state index is 0.279. The first-order valence-electron chi connectivity index (χ1n) is 10.8. The molecule has 0 spiro atoms. The molecule has 0 saturated carbocycles. The Labute approximate surface area is 178 Å². The molecule has 1 aliphatic carbocycles. The van der Waals surface area contributed by atoms with Gasteiger partial charge in [-0.25, -0.2) is 8.78 Å². The fourth-order valence-corrected chi connectivity index (χ4v) is 4.17. The largest absolute Gasteiger partial charge is 0.207 e. The van der Waals surface area contributed by atoms with Crippen LogP contribution in [0, 0.1) is 23.5 Å². The molecule has 0 aromatic heterocycles. The molecule has 0 radical (unpaired) electrons. The zero-order valence-electron chi connectivity index (χ0n) is 17.3. The van der Waals surface area contributed by atoms with Gasteiger partial charge in [0.2, 0.25) is 0 Å². The Balaban J connectivity index is 1.50. The Hall–Kier alpha value is -2.92. The fourth-order valence-electron chi connectivity index (χ4n) is 4.17. The van der Waals surface area contributed by atoms with Gasteiger partial charge in [0.1, 0.15) is 11.6 Å². The molecule has 1 aliphatic rings. The molecule has 152 valence electrons. The highest BCUT2D eigenvalue weighted by molar-refractivity contribution is 5.48. The summed E-state index contributed by atoms with van der Waals surface area (Å²) in [7, 11) is 0. The second kappa shape index (κ2) is 9.26. The maximum absolute atomic E-state index is 14.7. The molecule has 4 rings (SSSR count). The number of rotatable bonds is 4. The number of aryl methyl sites for hydroxylation is 2. The summed E-state index contributed by atoms with van der Waals surface area (Å²) in [5, 5.41) is 0. The molecule has 1 atom stereocenters. The molecule has 0 amide bonds. The van der Waals surface area contributed by atoms with Crippen LogP contribution in [0.1, 0.15) is 65.5 Å². The molecule has 0 N–H and O–H groups in total. The van der Waals surface area contributed by atoms with Gasteiger partial charge in [0.05, 0.1) is 5.56 Å². The first kappa shape index (κ1) is 20.4. The van der Waals surface area contributed by atoms with Crippen LogP contribution in [0.4, 0.5) is 8.78 Å². The Bertz CT molecular complexity index is 1070. The molecule has 0 heterocycles. The number of benzene rings is 3. The molecule has 0 bridgehead atoms. The maximum Gasteiger partial charge on any atom is 0.139 e. The third-order valence-electron chi connectivity index (χ3n) is 5.97. The lowest BCUT2D eigenvalue weighted by Crippen LogP contribution is -2.13. The van der Waals surface area contributed by atoms with Crippen LogP contribution < -0.4 is 0 Å². The highest BCUT2D eigenvalue weighted by Crippen LogP contribution is 2.34. The lowest BCUT2D eigenvalue weighted by atomic mass is 9.79. The summed E-state index contributed by atoms with van der Waals surface area (Å²) in [6.07, 6.45) is 6.44. The van der Waals surface area contributed by atoms with Gasteiger partial charge in [-0.2, -0.15) is 0 Å². The van der Waals surface area contributed by atoms with Gasteiger partial charge in [-0.15, -0.1) is 0 Å². The van der Waals surface area contributed by atoms with Crippen LogP contribution in [0.2, 0.25) is 0 Å². The molecule has 2 heteroatoms. The molecule has 0 fully saturated rings.